The molecule has 0 amide bonds. The van der Waals surface area contributed by atoms with E-state index < -0.39 is 6.10 Å². The van der Waals surface area contributed by atoms with Crippen LogP contribution < -0.4 is 0 Å². The number of unbranched alkanes of at least 4 members (excludes halogenated alkanes) is 1. The van der Waals surface area contributed by atoms with Crippen LogP contribution in [0, 0.1) is 11.8 Å². The Morgan fingerprint density at radius 2 is 2.18 bits per heavy atom. The van der Waals surface area contributed by atoms with Crippen molar-refractivity contribution in [1.29, 1.82) is 0 Å². The van der Waals surface area contributed by atoms with Gasteiger partial charge in [-0.05, 0) is 25.3 Å². The molecule has 0 heterocycles. The van der Waals surface area contributed by atoms with Gasteiger partial charge in [0.05, 0.1) is 0 Å². The molecule has 2 nitrogen and oxygen atoms in total. The number of aliphatic hydroxyl groups excluding tert-OH is 2. The highest BCUT2D eigenvalue weighted by molar-refractivity contribution is 5.14. The molecule has 62 valence electrons. The van der Waals surface area contributed by atoms with Gasteiger partial charge in [-0.15, -0.1) is 0 Å². The lowest BCUT2D eigenvalue weighted by Crippen LogP contribution is -2.02. The Morgan fingerprint density at radius 1 is 1.45 bits per heavy atom. The van der Waals surface area contributed by atoms with Crippen LogP contribution in [-0.2, 0) is 0 Å². The average molecular weight is 154 g/mol. The predicted octanol–water partition coefficient (Wildman–Crippen LogP) is 0.699. The normalized spacial score (nSPS) is 11.5. The standard InChI is InChI=1S/C9H14O2/c1-2-3-6-9(11)7-4-5-8-10/h2,9-11H,1,4-5,7-8H2. The molecule has 0 aromatic heterocycles. The molecule has 0 aliphatic heterocycles. The van der Waals surface area contributed by atoms with Gasteiger partial charge in [-0.3, -0.25) is 0 Å². The van der Waals surface area contributed by atoms with Gasteiger partial charge in [-0.1, -0.05) is 18.4 Å². The van der Waals surface area contributed by atoms with Crippen molar-refractivity contribution < 1.29 is 10.2 Å². The van der Waals surface area contributed by atoms with Crippen molar-refractivity contribution in [2.24, 2.45) is 0 Å². The Kier molecular flexibility index (Phi) is 6.81. The van der Waals surface area contributed by atoms with Crippen molar-refractivity contribution in [1.82, 2.24) is 0 Å². The highest BCUT2D eigenvalue weighted by Crippen LogP contribution is 1.98. The fraction of sp³-hybridized carbons (Fsp3) is 0.556. The monoisotopic (exact) mass is 154 g/mol. The molecule has 0 rings (SSSR count). The summed E-state index contributed by atoms with van der Waals surface area (Å²) in [5.74, 6) is 5.17. The molecule has 2 N–H and O–H groups in total. The van der Waals surface area contributed by atoms with E-state index in [2.05, 4.69) is 18.4 Å². The van der Waals surface area contributed by atoms with Gasteiger partial charge in [-0.2, -0.15) is 0 Å². The molecule has 0 fully saturated rings. The van der Waals surface area contributed by atoms with Gasteiger partial charge < -0.3 is 10.2 Å². The van der Waals surface area contributed by atoms with E-state index in [9.17, 15) is 0 Å². The summed E-state index contributed by atoms with van der Waals surface area (Å²) in [7, 11) is 0. The molecule has 0 aromatic rings. The zero-order valence-electron chi connectivity index (χ0n) is 6.58. The first-order chi connectivity index (χ1) is 5.31. The Morgan fingerprint density at radius 3 is 2.73 bits per heavy atom. The van der Waals surface area contributed by atoms with Crippen LogP contribution in [0.1, 0.15) is 19.3 Å². The van der Waals surface area contributed by atoms with Gasteiger partial charge in [0.15, 0.2) is 0 Å². The lowest BCUT2D eigenvalue weighted by atomic mass is 10.1. The molecule has 0 aliphatic carbocycles. The van der Waals surface area contributed by atoms with Crippen molar-refractivity contribution >= 4 is 0 Å². The molecule has 0 aromatic carbocycles. The molecular formula is C9H14O2. The van der Waals surface area contributed by atoms with Crippen molar-refractivity contribution in [3.63, 3.8) is 0 Å². The van der Waals surface area contributed by atoms with Gasteiger partial charge in [-0.25, -0.2) is 0 Å². The van der Waals surface area contributed by atoms with Crippen molar-refractivity contribution in [2.45, 2.75) is 25.4 Å². The Hall–Kier alpha value is -0.780. The molecule has 1 unspecified atom stereocenters. The lowest BCUT2D eigenvalue weighted by Gasteiger charge is -2.00. The van der Waals surface area contributed by atoms with Gasteiger partial charge in [0.25, 0.3) is 0 Å². The van der Waals surface area contributed by atoms with Crippen LogP contribution in [0.3, 0.4) is 0 Å². The summed E-state index contributed by atoms with van der Waals surface area (Å²) in [5.41, 5.74) is 0. The zero-order chi connectivity index (χ0) is 8.53. The summed E-state index contributed by atoms with van der Waals surface area (Å²) >= 11 is 0. The summed E-state index contributed by atoms with van der Waals surface area (Å²) in [6, 6.07) is 0. The second kappa shape index (κ2) is 7.33. The van der Waals surface area contributed by atoms with E-state index in [1.807, 2.05) is 0 Å². The first-order valence-corrected chi connectivity index (χ1v) is 3.72. The van der Waals surface area contributed by atoms with E-state index >= 15 is 0 Å². The van der Waals surface area contributed by atoms with Crippen molar-refractivity contribution in [3.05, 3.63) is 12.7 Å². The maximum Gasteiger partial charge on any atom is 0.115 e. The van der Waals surface area contributed by atoms with E-state index in [1.165, 1.54) is 6.08 Å². The van der Waals surface area contributed by atoms with Crippen molar-refractivity contribution in [3.8, 4) is 11.8 Å². The third-order valence-corrected chi connectivity index (χ3v) is 1.24. The van der Waals surface area contributed by atoms with Crippen molar-refractivity contribution in [2.75, 3.05) is 6.61 Å². The molecule has 11 heavy (non-hydrogen) atoms. The minimum absolute atomic E-state index is 0.182. The molecule has 0 radical (unpaired) electrons. The molecule has 0 aliphatic rings. The fourth-order valence-electron chi connectivity index (χ4n) is 0.677. The lowest BCUT2D eigenvalue weighted by molar-refractivity contribution is 0.209. The Labute approximate surface area is 67.6 Å². The van der Waals surface area contributed by atoms with E-state index in [1.54, 1.807) is 0 Å². The number of allylic oxidation sites excluding steroid dienone is 1. The minimum atomic E-state index is -0.570. The van der Waals surface area contributed by atoms with Gasteiger partial charge >= 0.3 is 0 Å². The zero-order valence-corrected chi connectivity index (χ0v) is 6.58. The molecular weight excluding hydrogens is 140 g/mol. The average Bonchev–Trinajstić information content (AvgIpc) is 2.01. The van der Waals surface area contributed by atoms with E-state index in [0.29, 0.717) is 6.42 Å². The van der Waals surface area contributed by atoms with Crippen LogP contribution in [0.2, 0.25) is 0 Å². The van der Waals surface area contributed by atoms with Gasteiger partial charge in [0.1, 0.15) is 6.10 Å². The second-order valence-corrected chi connectivity index (χ2v) is 2.23. The summed E-state index contributed by atoms with van der Waals surface area (Å²) < 4.78 is 0. The number of rotatable bonds is 4. The topological polar surface area (TPSA) is 40.5 Å². The number of aliphatic hydroxyl groups is 2. The minimum Gasteiger partial charge on any atom is -0.396 e. The Bertz CT molecular complexity index is 153. The van der Waals surface area contributed by atoms with Crippen LogP contribution in [-0.4, -0.2) is 22.9 Å². The van der Waals surface area contributed by atoms with Crippen LogP contribution in [0.5, 0.6) is 0 Å². The summed E-state index contributed by atoms with van der Waals surface area (Å²) in [6.07, 6.45) is 3.05. The fourth-order valence-corrected chi connectivity index (χ4v) is 0.677. The SMILES string of the molecule is C=CC#CC(O)CCCCO. The van der Waals surface area contributed by atoms with Gasteiger partial charge in [0.2, 0.25) is 0 Å². The third-order valence-electron chi connectivity index (χ3n) is 1.24. The Balaban J connectivity index is 3.36. The molecule has 0 spiro atoms. The van der Waals surface area contributed by atoms with E-state index in [-0.39, 0.29) is 6.61 Å². The quantitative estimate of drug-likeness (QED) is 0.462. The van der Waals surface area contributed by atoms with Crippen LogP contribution in [0.15, 0.2) is 12.7 Å². The maximum atomic E-state index is 9.10. The second-order valence-electron chi connectivity index (χ2n) is 2.23. The van der Waals surface area contributed by atoms with Gasteiger partial charge in [0, 0.05) is 6.61 Å². The van der Waals surface area contributed by atoms with Crippen LogP contribution in [0.25, 0.3) is 0 Å². The molecule has 0 saturated carbocycles. The molecule has 0 bridgehead atoms. The molecule has 2 heteroatoms. The third kappa shape index (κ3) is 7.11. The largest absolute Gasteiger partial charge is 0.396 e. The maximum absolute atomic E-state index is 9.10. The predicted molar refractivity (Wildman–Crippen MR) is 44.9 cm³/mol. The molecule has 0 saturated heterocycles. The van der Waals surface area contributed by atoms with Crippen LogP contribution in [0.4, 0.5) is 0 Å². The number of hydrogen-bond acceptors (Lipinski definition) is 2. The highest BCUT2D eigenvalue weighted by atomic mass is 16.3. The molecule has 1 atom stereocenters. The first kappa shape index (κ1) is 10.2. The smallest absolute Gasteiger partial charge is 0.115 e. The number of hydrogen-bond donors (Lipinski definition) is 2. The van der Waals surface area contributed by atoms with Crippen LogP contribution >= 0.6 is 0 Å². The summed E-state index contributed by atoms with van der Waals surface area (Å²) in [6.45, 7) is 3.59. The van der Waals surface area contributed by atoms with E-state index in [4.69, 9.17) is 10.2 Å². The highest BCUT2D eigenvalue weighted by Gasteiger charge is 1.96. The summed E-state index contributed by atoms with van der Waals surface area (Å²) in [4.78, 5) is 0. The summed E-state index contributed by atoms with van der Waals surface area (Å²) in [5, 5.41) is 17.5. The first-order valence-electron chi connectivity index (χ1n) is 3.72. The van der Waals surface area contributed by atoms with E-state index in [0.717, 1.165) is 12.8 Å².